The van der Waals surface area contributed by atoms with E-state index in [2.05, 4.69) is 30.5 Å². The maximum Gasteiger partial charge on any atom is 0.268 e. The second-order valence-corrected chi connectivity index (χ2v) is 18.9. The summed E-state index contributed by atoms with van der Waals surface area (Å²) in [5, 5.41) is 23.8. The standard InChI is InChI=1S/C41H47N3O7Si/c1-27-38(52(4,5)33-19-17-32(50-3)18-20-33)36(25-37(47)43(22-23-45)26-29-12-8-6-9-13-29)51-41(27)34-24-30(42-39(48)28(2)46)16-21-35(34)44(40(41)49)31-14-10-7-11-15-31/h6-21,24,27-28,36,38,45-46H,22-23,25-26H2,1-5H3,(H,42,48)/t27-,28+,36+,38-,41+/m1/s1. The molecular weight excluding hydrogens is 675 g/mol. The number of aliphatic hydroxyl groups is 2. The normalized spacial score (nSPS) is 21.6. The maximum absolute atomic E-state index is 15.2. The Bertz CT molecular complexity index is 1900. The molecule has 0 aliphatic carbocycles. The van der Waals surface area contributed by atoms with E-state index in [1.165, 1.54) is 6.92 Å². The van der Waals surface area contributed by atoms with Crippen molar-refractivity contribution in [2.45, 2.75) is 63.3 Å². The number of hydrogen-bond acceptors (Lipinski definition) is 7. The van der Waals surface area contributed by atoms with Gasteiger partial charge in [0.25, 0.3) is 11.8 Å². The van der Waals surface area contributed by atoms with E-state index in [-0.39, 0.29) is 36.9 Å². The van der Waals surface area contributed by atoms with Crippen LogP contribution in [-0.4, -0.2) is 73.4 Å². The summed E-state index contributed by atoms with van der Waals surface area (Å²) in [6, 6.07) is 32.3. The molecule has 0 saturated carbocycles. The van der Waals surface area contributed by atoms with Gasteiger partial charge in [0.1, 0.15) is 11.9 Å². The fourth-order valence-electron chi connectivity index (χ4n) is 8.11. The van der Waals surface area contributed by atoms with Crippen molar-refractivity contribution in [3.8, 4) is 5.75 Å². The summed E-state index contributed by atoms with van der Waals surface area (Å²) in [5.74, 6) is -0.692. The van der Waals surface area contributed by atoms with Crippen LogP contribution in [0.2, 0.25) is 18.6 Å². The number of anilines is 3. The molecule has 0 aromatic heterocycles. The molecule has 6 rings (SSSR count). The van der Waals surface area contributed by atoms with Crippen molar-refractivity contribution in [2.24, 2.45) is 5.92 Å². The molecule has 0 unspecified atom stereocenters. The van der Waals surface area contributed by atoms with E-state index >= 15 is 4.79 Å². The number of nitrogens with zero attached hydrogens (tertiary/aromatic N) is 2. The zero-order chi connectivity index (χ0) is 37.2. The van der Waals surface area contributed by atoms with E-state index in [1.54, 1.807) is 35.1 Å². The van der Waals surface area contributed by atoms with Gasteiger partial charge in [-0.2, -0.15) is 0 Å². The van der Waals surface area contributed by atoms with E-state index in [4.69, 9.17) is 9.47 Å². The first-order chi connectivity index (χ1) is 24.9. The number of aliphatic hydroxyl groups excluding tert-OH is 2. The van der Waals surface area contributed by atoms with Gasteiger partial charge in [0.15, 0.2) is 5.60 Å². The smallest absolute Gasteiger partial charge is 0.268 e. The Morgan fingerprint density at radius 1 is 1.00 bits per heavy atom. The van der Waals surface area contributed by atoms with Crippen LogP contribution in [0.25, 0.3) is 0 Å². The van der Waals surface area contributed by atoms with E-state index < -0.39 is 37.7 Å². The number of methoxy groups -OCH3 is 1. The third kappa shape index (κ3) is 6.77. The first-order valence-corrected chi connectivity index (χ1v) is 20.8. The Morgan fingerprint density at radius 3 is 2.27 bits per heavy atom. The predicted octanol–water partition coefficient (Wildman–Crippen LogP) is 5.32. The van der Waals surface area contributed by atoms with Crippen LogP contribution in [0.5, 0.6) is 5.75 Å². The first kappa shape index (κ1) is 37.0. The molecule has 11 heteroatoms. The van der Waals surface area contributed by atoms with Gasteiger partial charge in [-0.3, -0.25) is 19.3 Å². The molecule has 4 aromatic rings. The molecule has 0 radical (unpaired) electrons. The monoisotopic (exact) mass is 721 g/mol. The summed E-state index contributed by atoms with van der Waals surface area (Å²) in [4.78, 5) is 45.4. The number of rotatable bonds is 12. The molecule has 5 atom stereocenters. The Kier molecular flexibility index (Phi) is 10.7. The van der Waals surface area contributed by atoms with Gasteiger partial charge in [0.05, 0.1) is 40.0 Å². The Morgan fingerprint density at radius 2 is 1.65 bits per heavy atom. The fourth-order valence-corrected chi connectivity index (χ4v) is 12.1. The highest BCUT2D eigenvalue weighted by Gasteiger charge is 2.67. The van der Waals surface area contributed by atoms with Gasteiger partial charge < -0.3 is 29.9 Å². The zero-order valence-corrected chi connectivity index (χ0v) is 31.3. The number of hydrogen-bond donors (Lipinski definition) is 3. The summed E-state index contributed by atoms with van der Waals surface area (Å²) in [6.07, 6.45) is -1.89. The number of nitrogens with one attached hydrogen (secondary N) is 1. The molecule has 1 saturated heterocycles. The molecule has 10 nitrogen and oxygen atoms in total. The molecule has 3 amide bonds. The number of fused-ring (bicyclic) bond motifs is 2. The van der Waals surface area contributed by atoms with Gasteiger partial charge in [-0.05, 0) is 60.5 Å². The average Bonchev–Trinajstić information content (AvgIpc) is 3.58. The van der Waals surface area contributed by atoms with Crippen LogP contribution >= 0.6 is 0 Å². The fraction of sp³-hybridized carbons (Fsp3) is 0.341. The predicted molar refractivity (Wildman–Crippen MR) is 203 cm³/mol. The third-order valence-electron chi connectivity index (χ3n) is 10.7. The van der Waals surface area contributed by atoms with Crippen molar-refractivity contribution in [1.29, 1.82) is 0 Å². The second-order valence-electron chi connectivity index (χ2n) is 14.3. The van der Waals surface area contributed by atoms with Gasteiger partial charge in [0.2, 0.25) is 5.91 Å². The lowest BCUT2D eigenvalue weighted by Gasteiger charge is -2.37. The van der Waals surface area contributed by atoms with Crippen LogP contribution in [0.1, 0.15) is 31.4 Å². The van der Waals surface area contributed by atoms with Crippen LogP contribution < -0.4 is 20.1 Å². The molecule has 2 aliphatic rings. The molecular formula is C41H47N3O7Si. The van der Waals surface area contributed by atoms with E-state index in [0.29, 0.717) is 29.2 Å². The Labute approximate surface area is 306 Å². The highest BCUT2D eigenvalue weighted by atomic mass is 28.3. The number of carbonyl (C=O) groups excluding carboxylic acids is 3. The van der Waals surface area contributed by atoms with Crippen molar-refractivity contribution in [2.75, 3.05) is 30.5 Å². The minimum Gasteiger partial charge on any atom is -0.497 e. The number of benzene rings is 4. The molecule has 2 heterocycles. The summed E-state index contributed by atoms with van der Waals surface area (Å²) in [5.41, 5.74) is 1.53. The molecule has 2 aliphatic heterocycles. The van der Waals surface area contributed by atoms with Crippen molar-refractivity contribution in [3.05, 3.63) is 114 Å². The molecule has 3 N–H and O–H groups in total. The van der Waals surface area contributed by atoms with Crippen LogP contribution in [0.4, 0.5) is 17.1 Å². The topological polar surface area (TPSA) is 129 Å². The lowest BCUT2D eigenvalue weighted by Crippen LogP contribution is -2.52. The van der Waals surface area contributed by atoms with E-state index in [1.807, 2.05) is 79.7 Å². The van der Waals surface area contributed by atoms with Crippen LogP contribution in [0.3, 0.4) is 0 Å². The van der Waals surface area contributed by atoms with Crippen LogP contribution in [0, 0.1) is 5.92 Å². The lowest BCUT2D eigenvalue weighted by atomic mass is 9.82. The van der Waals surface area contributed by atoms with Crippen molar-refractivity contribution < 1.29 is 34.1 Å². The van der Waals surface area contributed by atoms with E-state index in [9.17, 15) is 19.8 Å². The van der Waals surface area contributed by atoms with Gasteiger partial charge in [0, 0.05) is 35.9 Å². The second kappa shape index (κ2) is 15.0. The van der Waals surface area contributed by atoms with Crippen molar-refractivity contribution in [1.82, 2.24) is 4.90 Å². The summed E-state index contributed by atoms with van der Waals surface area (Å²) < 4.78 is 12.6. The highest BCUT2D eigenvalue weighted by molar-refractivity contribution is 6.91. The maximum atomic E-state index is 15.2. The lowest BCUT2D eigenvalue weighted by molar-refractivity contribution is -0.149. The summed E-state index contributed by atoms with van der Waals surface area (Å²) in [7, 11) is -0.949. The van der Waals surface area contributed by atoms with Gasteiger partial charge in [-0.15, -0.1) is 0 Å². The Hall–Kier alpha value is -4.81. The number of ether oxygens (including phenoxy) is 2. The number of carbonyl (C=O) groups is 3. The Balaban J connectivity index is 1.48. The largest absolute Gasteiger partial charge is 0.497 e. The zero-order valence-electron chi connectivity index (χ0n) is 30.3. The SMILES string of the molecule is COc1ccc([Si](C)(C)[C@H]2[C@H](CC(=O)N(CCO)Cc3ccccc3)O[C@@]3(C(=O)N(c4ccccc4)c4ccc(NC(=O)[C@H](C)O)cc43)[C@@H]2C)cc1. The van der Waals surface area contributed by atoms with Crippen molar-refractivity contribution >= 4 is 48.0 Å². The quantitative estimate of drug-likeness (QED) is 0.169. The van der Waals surface area contributed by atoms with Crippen LogP contribution in [0.15, 0.2) is 103 Å². The molecule has 1 spiro atoms. The summed E-state index contributed by atoms with van der Waals surface area (Å²) >= 11 is 0. The van der Waals surface area contributed by atoms with E-state index in [0.717, 1.165) is 16.5 Å². The minimum absolute atomic E-state index is 0.00256. The van der Waals surface area contributed by atoms with Crippen molar-refractivity contribution in [3.63, 3.8) is 0 Å². The molecule has 272 valence electrons. The number of para-hydroxylation sites is 1. The summed E-state index contributed by atoms with van der Waals surface area (Å²) in [6.45, 7) is 8.22. The van der Waals surface area contributed by atoms with Gasteiger partial charge in [-0.1, -0.05) is 85.9 Å². The number of amides is 3. The molecule has 52 heavy (non-hydrogen) atoms. The first-order valence-electron chi connectivity index (χ1n) is 17.7. The minimum atomic E-state index is -2.58. The average molecular weight is 722 g/mol. The van der Waals surface area contributed by atoms with Gasteiger partial charge in [-0.25, -0.2) is 0 Å². The highest BCUT2D eigenvalue weighted by Crippen LogP contribution is 2.61. The van der Waals surface area contributed by atoms with Crippen LogP contribution in [-0.2, 0) is 31.3 Å². The molecule has 0 bridgehead atoms. The molecule has 4 aromatic carbocycles. The van der Waals surface area contributed by atoms with Gasteiger partial charge >= 0.3 is 0 Å². The molecule has 1 fully saturated rings. The third-order valence-corrected chi connectivity index (χ3v) is 15.1.